The second-order valence-electron chi connectivity index (χ2n) is 5.37. The summed E-state index contributed by atoms with van der Waals surface area (Å²) in [4.78, 5) is 22.3. The second kappa shape index (κ2) is 6.58. The van der Waals surface area contributed by atoms with Crippen molar-refractivity contribution in [2.45, 2.75) is 32.8 Å². The van der Waals surface area contributed by atoms with Crippen LogP contribution in [0.4, 0.5) is 0 Å². The van der Waals surface area contributed by atoms with Crippen molar-refractivity contribution in [3.63, 3.8) is 0 Å². The van der Waals surface area contributed by atoms with E-state index in [1.807, 2.05) is 13.8 Å². The Morgan fingerprint density at radius 3 is 3.14 bits per heavy atom. The summed E-state index contributed by atoms with van der Waals surface area (Å²) < 4.78 is 11.1. The summed E-state index contributed by atoms with van der Waals surface area (Å²) in [5.74, 6) is 0.311. The minimum atomic E-state index is -0.160. The van der Waals surface area contributed by atoms with Gasteiger partial charge in [0.05, 0.1) is 11.5 Å². The molecular formula is C15H19N3O3S. The zero-order valence-corrected chi connectivity index (χ0v) is 13.5. The maximum absolute atomic E-state index is 11.9. The molecule has 1 aliphatic heterocycles. The molecule has 3 rings (SSSR count). The maximum Gasteiger partial charge on any atom is 0.258 e. The number of ether oxygens (including phenoxy) is 2. The molecule has 1 saturated heterocycles. The minimum Gasteiger partial charge on any atom is -0.467 e. The van der Waals surface area contributed by atoms with E-state index in [4.69, 9.17) is 9.47 Å². The lowest BCUT2D eigenvalue weighted by molar-refractivity contribution is -0.123. The number of thiophene rings is 1. The molecule has 1 N–H and O–H groups in total. The van der Waals surface area contributed by atoms with E-state index in [1.165, 1.54) is 11.2 Å². The number of carbonyl (C=O) groups excluding carboxylic acids is 1. The number of hydrogen-bond donors (Lipinski definition) is 1. The van der Waals surface area contributed by atoms with Crippen molar-refractivity contribution in [2.24, 2.45) is 0 Å². The topological polar surface area (TPSA) is 73.3 Å². The summed E-state index contributed by atoms with van der Waals surface area (Å²) in [5, 5.41) is 3.73. The molecule has 0 saturated carbocycles. The highest BCUT2D eigenvalue weighted by molar-refractivity contribution is 7.18. The smallest absolute Gasteiger partial charge is 0.258 e. The van der Waals surface area contributed by atoms with Gasteiger partial charge < -0.3 is 14.8 Å². The van der Waals surface area contributed by atoms with Gasteiger partial charge in [0.25, 0.3) is 5.91 Å². The normalized spacial score (nSPS) is 17.8. The van der Waals surface area contributed by atoms with Crippen LogP contribution in [0, 0.1) is 13.8 Å². The minimum absolute atomic E-state index is 0.0484. The number of aromatic nitrogens is 2. The summed E-state index contributed by atoms with van der Waals surface area (Å²) >= 11 is 1.61. The predicted molar refractivity (Wildman–Crippen MR) is 84.4 cm³/mol. The summed E-state index contributed by atoms with van der Waals surface area (Å²) in [7, 11) is 0. The highest BCUT2D eigenvalue weighted by Crippen LogP contribution is 2.33. The van der Waals surface area contributed by atoms with E-state index in [1.54, 1.807) is 11.3 Å². The first-order valence-electron chi connectivity index (χ1n) is 7.37. The zero-order valence-electron chi connectivity index (χ0n) is 12.7. The molecule has 1 aliphatic rings. The van der Waals surface area contributed by atoms with Crippen LogP contribution < -0.4 is 10.1 Å². The predicted octanol–water partition coefficient (Wildman–Crippen LogP) is 1.98. The number of amides is 1. The average molecular weight is 321 g/mol. The molecule has 1 atom stereocenters. The third-order valence-corrected chi connectivity index (χ3v) is 4.94. The summed E-state index contributed by atoms with van der Waals surface area (Å²) in [5.41, 5.74) is 1.11. The summed E-state index contributed by atoms with van der Waals surface area (Å²) in [6, 6.07) is 0. The lowest BCUT2D eigenvalue weighted by atomic mass is 10.2. The number of hydrogen-bond acceptors (Lipinski definition) is 6. The van der Waals surface area contributed by atoms with Gasteiger partial charge in [0.15, 0.2) is 6.61 Å². The first-order valence-corrected chi connectivity index (χ1v) is 8.18. The molecule has 3 heterocycles. The van der Waals surface area contributed by atoms with Gasteiger partial charge in [0.1, 0.15) is 11.2 Å². The van der Waals surface area contributed by atoms with E-state index in [9.17, 15) is 4.79 Å². The van der Waals surface area contributed by atoms with Crippen molar-refractivity contribution in [3.05, 3.63) is 16.8 Å². The Kier molecular flexibility index (Phi) is 4.54. The number of nitrogens with zero attached hydrogens (tertiary/aromatic N) is 2. The van der Waals surface area contributed by atoms with Crippen LogP contribution in [0.3, 0.4) is 0 Å². The van der Waals surface area contributed by atoms with E-state index >= 15 is 0 Å². The van der Waals surface area contributed by atoms with E-state index in [-0.39, 0.29) is 18.6 Å². The Hall–Kier alpha value is -1.73. The monoisotopic (exact) mass is 321 g/mol. The quantitative estimate of drug-likeness (QED) is 0.911. The fourth-order valence-electron chi connectivity index (χ4n) is 2.48. The van der Waals surface area contributed by atoms with Crippen LogP contribution in [0.5, 0.6) is 5.88 Å². The molecule has 2 aromatic rings. The molecular weight excluding hydrogens is 302 g/mol. The van der Waals surface area contributed by atoms with E-state index in [0.717, 1.165) is 35.2 Å². The lowest BCUT2D eigenvalue weighted by Gasteiger charge is -2.11. The van der Waals surface area contributed by atoms with Crippen molar-refractivity contribution in [1.82, 2.24) is 15.3 Å². The van der Waals surface area contributed by atoms with Crippen molar-refractivity contribution in [2.75, 3.05) is 19.8 Å². The number of aryl methyl sites for hydroxylation is 2. The van der Waals surface area contributed by atoms with Gasteiger partial charge >= 0.3 is 0 Å². The Morgan fingerprint density at radius 2 is 2.36 bits per heavy atom. The highest BCUT2D eigenvalue weighted by Gasteiger charge is 2.17. The molecule has 1 fully saturated rings. The van der Waals surface area contributed by atoms with Gasteiger partial charge in [-0.2, -0.15) is 0 Å². The van der Waals surface area contributed by atoms with E-state index in [2.05, 4.69) is 15.3 Å². The van der Waals surface area contributed by atoms with Gasteiger partial charge in [-0.25, -0.2) is 9.97 Å². The molecule has 0 unspecified atom stereocenters. The fraction of sp³-hybridized carbons (Fsp3) is 0.533. The van der Waals surface area contributed by atoms with Crippen molar-refractivity contribution >= 4 is 27.5 Å². The molecule has 7 heteroatoms. The third-order valence-electron chi connectivity index (χ3n) is 3.82. The highest BCUT2D eigenvalue weighted by atomic mass is 32.1. The SMILES string of the molecule is Cc1sc2ncnc(OCC(=O)NC[C@H]3CCCO3)c2c1C. The van der Waals surface area contributed by atoms with Gasteiger partial charge in [-0.1, -0.05) is 0 Å². The molecule has 0 aliphatic carbocycles. The van der Waals surface area contributed by atoms with Crippen molar-refractivity contribution < 1.29 is 14.3 Å². The molecule has 1 amide bonds. The van der Waals surface area contributed by atoms with Crippen LogP contribution in [0.1, 0.15) is 23.3 Å². The van der Waals surface area contributed by atoms with Crippen LogP contribution in [-0.2, 0) is 9.53 Å². The van der Waals surface area contributed by atoms with Gasteiger partial charge in [-0.15, -0.1) is 11.3 Å². The molecule has 0 bridgehead atoms. The van der Waals surface area contributed by atoms with Crippen LogP contribution in [0.2, 0.25) is 0 Å². The van der Waals surface area contributed by atoms with Gasteiger partial charge in [0, 0.05) is 18.0 Å². The van der Waals surface area contributed by atoms with Crippen LogP contribution in [0.25, 0.3) is 10.2 Å². The van der Waals surface area contributed by atoms with E-state index in [0.29, 0.717) is 12.4 Å². The Morgan fingerprint density at radius 1 is 1.50 bits per heavy atom. The summed E-state index contributed by atoms with van der Waals surface area (Å²) in [6.07, 6.45) is 3.67. The molecule has 118 valence electrons. The second-order valence-corrected chi connectivity index (χ2v) is 6.57. The molecule has 22 heavy (non-hydrogen) atoms. The average Bonchev–Trinajstić information content (AvgIpc) is 3.12. The van der Waals surface area contributed by atoms with Crippen molar-refractivity contribution in [3.8, 4) is 5.88 Å². The van der Waals surface area contributed by atoms with Crippen LogP contribution >= 0.6 is 11.3 Å². The summed E-state index contributed by atoms with van der Waals surface area (Å²) in [6.45, 7) is 5.33. The fourth-order valence-corrected chi connectivity index (χ4v) is 3.46. The largest absolute Gasteiger partial charge is 0.467 e. The number of carbonyl (C=O) groups is 1. The first kappa shape index (κ1) is 15.2. The van der Waals surface area contributed by atoms with Gasteiger partial charge in [-0.05, 0) is 32.3 Å². The maximum atomic E-state index is 11.9. The molecule has 2 aromatic heterocycles. The first-order chi connectivity index (χ1) is 10.6. The standard InChI is InChI=1S/C15H19N3O3S/c1-9-10(2)22-15-13(9)14(17-8-18-15)21-7-12(19)16-6-11-4-3-5-20-11/h8,11H,3-7H2,1-2H3,(H,16,19)/t11-/m1/s1. The zero-order chi connectivity index (χ0) is 15.5. The Bertz CT molecular complexity index is 680. The Balaban J connectivity index is 1.60. The molecule has 0 aromatic carbocycles. The van der Waals surface area contributed by atoms with Crippen molar-refractivity contribution in [1.29, 1.82) is 0 Å². The lowest BCUT2D eigenvalue weighted by Crippen LogP contribution is -2.35. The van der Waals surface area contributed by atoms with Gasteiger partial charge in [0.2, 0.25) is 5.88 Å². The molecule has 0 spiro atoms. The molecule has 0 radical (unpaired) electrons. The third kappa shape index (κ3) is 3.20. The van der Waals surface area contributed by atoms with Crippen LogP contribution in [0.15, 0.2) is 6.33 Å². The number of fused-ring (bicyclic) bond motifs is 1. The van der Waals surface area contributed by atoms with Crippen LogP contribution in [-0.4, -0.2) is 41.7 Å². The number of rotatable bonds is 5. The van der Waals surface area contributed by atoms with Gasteiger partial charge in [-0.3, -0.25) is 4.79 Å². The molecule has 6 nitrogen and oxygen atoms in total. The number of nitrogens with one attached hydrogen (secondary N) is 1. The Labute approximate surface area is 132 Å². The van der Waals surface area contributed by atoms with E-state index < -0.39 is 0 Å².